The molecule has 0 aliphatic rings. The van der Waals surface area contributed by atoms with Crippen LogP contribution in [-0.2, 0) is 17.9 Å². The Bertz CT molecular complexity index is 575. The number of halogens is 1. The smallest absolute Gasteiger partial charge is 0.153 e. The van der Waals surface area contributed by atoms with Crippen molar-refractivity contribution in [2.24, 2.45) is 0 Å². The lowest BCUT2D eigenvalue weighted by Crippen LogP contribution is -2.22. The summed E-state index contributed by atoms with van der Waals surface area (Å²) in [5.74, 6) is 0.901. The zero-order valence-electron chi connectivity index (χ0n) is 11.8. The van der Waals surface area contributed by atoms with Crippen molar-refractivity contribution < 1.29 is 9.15 Å². The van der Waals surface area contributed by atoms with Crippen molar-refractivity contribution in [3.05, 3.63) is 34.0 Å². The van der Waals surface area contributed by atoms with E-state index in [1.807, 2.05) is 13.0 Å². The van der Waals surface area contributed by atoms with Crippen molar-refractivity contribution in [2.75, 3.05) is 7.11 Å². The van der Waals surface area contributed by atoms with Gasteiger partial charge in [-0.05, 0) is 24.6 Å². The molecule has 1 aromatic heterocycles. The van der Waals surface area contributed by atoms with Crippen molar-refractivity contribution >= 4 is 22.6 Å². The van der Waals surface area contributed by atoms with E-state index in [2.05, 4.69) is 25.2 Å². The fourth-order valence-corrected chi connectivity index (χ4v) is 2.45. The van der Waals surface area contributed by atoms with E-state index < -0.39 is 0 Å². The van der Waals surface area contributed by atoms with E-state index in [0.29, 0.717) is 24.2 Å². The predicted octanol–water partition coefficient (Wildman–Crippen LogP) is 4.04. The first-order valence-electron chi connectivity index (χ1n) is 6.45. The van der Waals surface area contributed by atoms with Gasteiger partial charge in [-0.3, -0.25) is 0 Å². The van der Waals surface area contributed by atoms with Crippen molar-refractivity contribution in [2.45, 2.75) is 40.0 Å². The van der Waals surface area contributed by atoms with Crippen LogP contribution in [0.1, 0.15) is 30.7 Å². The highest BCUT2D eigenvalue weighted by Crippen LogP contribution is 2.33. The second kappa shape index (κ2) is 5.95. The maximum atomic E-state index is 6.26. The molecule has 0 atom stereocenters. The minimum atomic E-state index is 0.404. The van der Waals surface area contributed by atoms with Crippen molar-refractivity contribution in [1.29, 1.82) is 0 Å². The lowest BCUT2D eigenvalue weighted by Gasteiger charge is -2.07. The molecular formula is C15H20ClNO2. The fraction of sp³-hybridized carbons (Fsp3) is 0.467. The molecule has 1 N–H and O–H groups in total. The van der Waals surface area contributed by atoms with Crippen LogP contribution < -0.4 is 5.32 Å². The maximum Gasteiger partial charge on any atom is 0.153 e. The summed E-state index contributed by atoms with van der Waals surface area (Å²) < 4.78 is 11.2. The first kappa shape index (κ1) is 14.4. The van der Waals surface area contributed by atoms with Crippen LogP contribution in [0.25, 0.3) is 11.0 Å². The van der Waals surface area contributed by atoms with E-state index >= 15 is 0 Å². The summed E-state index contributed by atoms with van der Waals surface area (Å²) >= 11 is 6.26. The van der Waals surface area contributed by atoms with Crippen molar-refractivity contribution in [3.63, 3.8) is 0 Å². The number of methoxy groups -OCH3 is 1. The molecule has 104 valence electrons. The van der Waals surface area contributed by atoms with E-state index in [9.17, 15) is 0 Å². The number of hydrogen-bond acceptors (Lipinski definition) is 3. The summed E-state index contributed by atoms with van der Waals surface area (Å²) in [6.07, 6.45) is 0. The van der Waals surface area contributed by atoms with Crippen LogP contribution in [0.2, 0.25) is 5.02 Å². The van der Waals surface area contributed by atoms with Crippen LogP contribution in [0.4, 0.5) is 0 Å². The van der Waals surface area contributed by atoms with Gasteiger partial charge in [0.2, 0.25) is 0 Å². The summed E-state index contributed by atoms with van der Waals surface area (Å²) in [7, 11) is 1.69. The Morgan fingerprint density at radius 3 is 2.74 bits per heavy atom. The Labute approximate surface area is 118 Å². The quantitative estimate of drug-likeness (QED) is 0.898. The standard InChI is InChI=1S/C15H20ClNO2/c1-9(2)17-7-14-12(8-18-4)11-5-10(3)6-13(16)15(11)19-14/h5-6,9,17H,7-8H2,1-4H3. The van der Waals surface area contributed by atoms with Gasteiger partial charge in [-0.2, -0.15) is 0 Å². The minimum absolute atomic E-state index is 0.404. The summed E-state index contributed by atoms with van der Waals surface area (Å²) in [6, 6.07) is 4.42. The van der Waals surface area contributed by atoms with Gasteiger partial charge in [0.15, 0.2) is 5.58 Å². The molecule has 3 nitrogen and oxygen atoms in total. The number of benzene rings is 1. The van der Waals surface area contributed by atoms with Gasteiger partial charge in [-0.15, -0.1) is 0 Å². The Kier molecular flexibility index (Phi) is 4.50. The number of fused-ring (bicyclic) bond motifs is 1. The Morgan fingerprint density at radius 1 is 1.37 bits per heavy atom. The zero-order valence-corrected chi connectivity index (χ0v) is 12.6. The molecule has 1 aromatic carbocycles. The van der Waals surface area contributed by atoms with Crippen molar-refractivity contribution in [3.8, 4) is 0 Å². The summed E-state index contributed by atoms with van der Waals surface area (Å²) in [6.45, 7) is 7.45. The summed E-state index contributed by atoms with van der Waals surface area (Å²) in [4.78, 5) is 0. The first-order valence-corrected chi connectivity index (χ1v) is 6.83. The SMILES string of the molecule is COCc1c(CNC(C)C)oc2c(Cl)cc(C)cc12. The molecule has 2 rings (SSSR count). The van der Waals surface area contributed by atoms with Crippen LogP contribution in [0.3, 0.4) is 0 Å². The Balaban J connectivity index is 2.50. The van der Waals surface area contributed by atoms with Gasteiger partial charge in [0.1, 0.15) is 5.76 Å². The molecule has 0 bridgehead atoms. The number of ether oxygens (including phenoxy) is 1. The average Bonchev–Trinajstić information content (AvgIpc) is 2.66. The highest BCUT2D eigenvalue weighted by Gasteiger charge is 2.16. The van der Waals surface area contributed by atoms with Crippen LogP contribution in [0, 0.1) is 6.92 Å². The van der Waals surface area contributed by atoms with Gasteiger partial charge in [0.25, 0.3) is 0 Å². The molecule has 4 heteroatoms. The van der Waals surface area contributed by atoms with Gasteiger partial charge >= 0.3 is 0 Å². The predicted molar refractivity (Wildman–Crippen MR) is 78.6 cm³/mol. The number of rotatable bonds is 5. The number of nitrogens with one attached hydrogen (secondary N) is 1. The van der Waals surface area contributed by atoms with Crippen LogP contribution in [-0.4, -0.2) is 13.2 Å². The van der Waals surface area contributed by atoms with Gasteiger partial charge in [0, 0.05) is 24.1 Å². The second-order valence-corrected chi connectivity index (χ2v) is 5.50. The van der Waals surface area contributed by atoms with E-state index in [1.165, 1.54) is 0 Å². The second-order valence-electron chi connectivity index (χ2n) is 5.10. The van der Waals surface area contributed by atoms with Crippen LogP contribution in [0.5, 0.6) is 0 Å². The van der Waals surface area contributed by atoms with Gasteiger partial charge in [0.05, 0.1) is 18.2 Å². The number of furan rings is 1. The molecule has 0 aliphatic carbocycles. The fourth-order valence-electron chi connectivity index (χ4n) is 2.13. The molecule has 0 saturated carbocycles. The van der Waals surface area contributed by atoms with Gasteiger partial charge < -0.3 is 14.5 Å². The van der Waals surface area contributed by atoms with Gasteiger partial charge in [-0.1, -0.05) is 25.4 Å². The normalized spacial score (nSPS) is 11.7. The molecular weight excluding hydrogens is 262 g/mol. The molecule has 0 fully saturated rings. The third-order valence-corrected chi connectivity index (χ3v) is 3.32. The third-order valence-electron chi connectivity index (χ3n) is 3.03. The van der Waals surface area contributed by atoms with E-state index in [-0.39, 0.29) is 0 Å². The monoisotopic (exact) mass is 281 g/mol. The van der Waals surface area contributed by atoms with Crippen molar-refractivity contribution in [1.82, 2.24) is 5.32 Å². The third kappa shape index (κ3) is 3.11. The summed E-state index contributed by atoms with van der Waals surface area (Å²) in [5, 5.41) is 5.07. The van der Waals surface area contributed by atoms with E-state index in [0.717, 1.165) is 27.9 Å². The van der Waals surface area contributed by atoms with Crippen LogP contribution in [0.15, 0.2) is 16.5 Å². The molecule has 2 aromatic rings. The van der Waals surface area contributed by atoms with E-state index in [1.54, 1.807) is 7.11 Å². The Hall–Kier alpha value is -1.03. The van der Waals surface area contributed by atoms with E-state index in [4.69, 9.17) is 20.8 Å². The summed E-state index contributed by atoms with van der Waals surface area (Å²) in [5.41, 5.74) is 2.95. The first-order chi connectivity index (χ1) is 9.02. The zero-order chi connectivity index (χ0) is 14.0. The number of hydrogen-bond donors (Lipinski definition) is 1. The molecule has 0 saturated heterocycles. The molecule has 0 unspecified atom stereocenters. The molecule has 1 heterocycles. The molecule has 19 heavy (non-hydrogen) atoms. The minimum Gasteiger partial charge on any atom is -0.458 e. The lowest BCUT2D eigenvalue weighted by molar-refractivity contribution is 0.183. The molecule has 0 amide bonds. The number of aryl methyl sites for hydroxylation is 1. The largest absolute Gasteiger partial charge is 0.458 e. The highest BCUT2D eigenvalue weighted by molar-refractivity contribution is 6.35. The molecule has 0 aliphatic heterocycles. The molecule has 0 radical (unpaired) electrons. The highest BCUT2D eigenvalue weighted by atomic mass is 35.5. The lowest BCUT2D eigenvalue weighted by atomic mass is 10.1. The van der Waals surface area contributed by atoms with Crippen LogP contribution >= 0.6 is 11.6 Å². The molecule has 0 spiro atoms. The Morgan fingerprint density at radius 2 is 2.11 bits per heavy atom. The average molecular weight is 282 g/mol. The maximum absolute atomic E-state index is 6.26. The topological polar surface area (TPSA) is 34.4 Å². The van der Waals surface area contributed by atoms with Gasteiger partial charge in [-0.25, -0.2) is 0 Å².